The first-order chi connectivity index (χ1) is 9.78. The zero-order chi connectivity index (χ0) is 14.4. The van der Waals surface area contributed by atoms with E-state index in [1.54, 1.807) is 0 Å². The molecule has 108 valence electrons. The highest BCUT2D eigenvalue weighted by Gasteiger charge is 2.17. The molecule has 0 spiro atoms. The lowest BCUT2D eigenvalue weighted by atomic mass is 10.00. The molecule has 1 aromatic heterocycles. The van der Waals surface area contributed by atoms with Crippen molar-refractivity contribution in [3.05, 3.63) is 59.0 Å². The van der Waals surface area contributed by atoms with E-state index in [1.165, 1.54) is 17.5 Å². The Morgan fingerprint density at radius 1 is 1.10 bits per heavy atom. The first-order valence-corrected chi connectivity index (χ1v) is 7.69. The van der Waals surface area contributed by atoms with E-state index in [4.69, 9.17) is 4.42 Å². The van der Waals surface area contributed by atoms with Gasteiger partial charge < -0.3 is 9.73 Å². The van der Waals surface area contributed by atoms with Crippen molar-refractivity contribution in [3.63, 3.8) is 0 Å². The fourth-order valence-electron chi connectivity index (χ4n) is 2.54. The molecule has 0 saturated heterocycles. The normalized spacial score (nSPS) is 12.6. The van der Waals surface area contributed by atoms with E-state index in [0.717, 1.165) is 30.9 Å². The Bertz CT molecular complexity index is 530. The van der Waals surface area contributed by atoms with Crippen molar-refractivity contribution in [2.24, 2.45) is 0 Å². The Balaban J connectivity index is 2.29. The molecule has 2 rings (SSSR count). The van der Waals surface area contributed by atoms with Crippen LogP contribution in [0.4, 0.5) is 0 Å². The van der Waals surface area contributed by atoms with Crippen molar-refractivity contribution in [2.75, 3.05) is 6.54 Å². The number of furan rings is 1. The Labute approximate surface area is 122 Å². The van der Waals surface area contributed by atoms with E-state index < -0.39 is 0 Å². The summed E-state index contributed by atoms with van der Waals surface area (Å²) >= 11 is 0. The van der Waals surface area contributed by atoms with Crippen LogP contribution in [-0.2, 0) is 12.8 Å². The number of hydrogen-bond acceptors (Lipinski definition) is 2. The van der Waals surface area contributed by atoms with Gasteiger partial charge in [0.1, 0.15) is 11.5 Å². The monoisotopic (exact) mass is 271 g/mol. The van der Waals surface area contributed by atoms with Gasteiger partial charge in [-0.2, -0.15) is 0 Å². The number of rotatable bonds is 7. The number of aryl methyl sites for hydroxylation is 2. The number of hydrogen-bond donors (Lipinski definition) is 1. The van der Waals surface area contributed by atoms with Crippen LogP contribution in [0.25, 0.3) is 0 Å². The van der Waals surface area contributed by atoms with Gasteiger partial charge in [0.15, 0.2) is 0 Å². The van der Waals surface area contributed by atoms with Gasteiger partial charge in [0.05, 0.1) is 6.04 Å². The van der Waals surface area contributed by atoms with E-state index in [1.807, 2.05) is 0 Å². The third-order valence-electron chi connectivity index (χ3n) is 3.55. The molecular weight excluding hydrogens is 246 g/mol. The van der Waals surface area contributed by atoms with Crippen LogP contribution in [0.2, 0.25) is 0 Å². The van der Waals surface area contributed by atoms with Gasteiger partial charge in [-0.05, 0) is 36.2 Å². The standard InChI is InChI=1S/C18H25NO/c1-4-8-14-9-7-10-15(13-14)18(19-6-3)17-12-11-16(5-2)20-17/h7,9-13,18-19H,4-6,8H2,1-3H3. The minimum Gasteiger partial charge on any atom is -0.464 e. The maximum Gasteiger partial charge on any atom is 0.125 e. The molecule has 0 aliphatic carbocycles. The van der Waals surface area contributed by atoms with Crippen LogP contribution >= 0.6 is 0 Å². The summed E-state index contributed by atoms with van der Waals surface area (Å²) in [6.45, 7) is 7.39. The van der Waals surface area contributed by atoms with Crippen LogP contribution in [0.1, 0.15) is 55.9 Å². The molecule has 1 aromatic carbocycles. The lowest BCUT2D eigenvalue weighted by molar-refractivity contribution is 0.425. The summed E-state index contributed by atoms with van der Waals surface area (Å²) in [4.78, 5) is 0. The van der Waals surface area contributed by atoms with Crippen molar-refractivity contribution in [3.8, 4) is 0 Å². The maximum atomic E-state index is 5.94. The fourth-order valence-corrected chi connectivity index (χ4v) is 2.54. The van der Waals surface area contributed by atoms with Crippen LogP contribution in [0.5, 0.6) is 0 Å². The summed E-state index contributed by atoms with van der Waals surface area (Å²) < 4.78 is 5.94. The molecule has 0 aliphatic heterocycles. The molecule has 0 aliphatic rings. The summed E-state index contributed by atoms with van der Waals surface area (Å²) in [5.41, 5.74) is 2.69. The molecule has 0 amide bonds. The van der Waals surface area contributed by atoms with E-state index >= 15 is 0 Å². The van der Waals surface area contributed by atoms with Crippen molar-refractivity contribution in [1.82, 2.24) is 5.32 Å². The molecule has 0 bridgehead atoms. The SMILES string of the molecule is CCCc1cccc(C(NCC)c2ccc(CC)o2)c1. The zero-order valence-corrected chi connectivity index (χ0v) is 12.8. The smallest absolute Gasteiger partial charge is 0.125 e. The van der Waals surface area contributed by atoms with Gasteiger partial charge in [-0.1, -0.05) is 51.5 Å². The largest absolute Gasteiger partial charge is 0.464 e. The van der Waals surface area contributed by atoms with Crippen LogP contribution in [0.3, 0.4) is 0 Å². The van der Waals surface area contributed by atoms with Crippen LogP contribution in [-0.4, -0.2) is 6.54 Å². The molecule has 0 saturated carbocycles. The summed E-state index contributed by atoms with van der Waals surface area (Å²) in [6, 6.07) is 13.2. The van der Waals surface area contributed by atoms with Gasteiger partial charge in [0, 0.05) is 6.42 Å². The molecule has 20 heavy (non-hydrogen) atoms. The first-order valence-electron chi connectivity index (χ1n) is 7.69. The van der Waals surface area contributed by atoms with Crippen molar-refractivity contribution in [2.45, 2.75) is 46.1 Å². The van der Waals surface area contributed by atoms with Gasteiger partial charge in [-0.25, -0.2) is 0 Å². The molecule has 0 fully saturated rings. The van der Waals surface area contributed by atoms with E-state index in [2.05, 4.69) is 62.5 Å². The second-order valence-electron chi connectivity index (χ2n) is 5.14. The van der Waals surface area contributed by atoms with Gasteiger partial charge >= 0.3 is 0 Å². The average Bonchev–Trinajstić information content (AvgIpc) is 2.94. The Morgan fingerprint density at radius 3 is 2.60 bits per heavy atom. The number of nitrogens with one attached hydrogen (secondary N) is 1. The van der Waals surface area contributed by atoms with Crippen molar-refractivity contribution >= 4 is 0 Å². The van der Waals surface area contributed by atoms with Crippen LogP contribution in [0, 0.1) is 0 Å². The molecule has 2 nitrogen and oxygen atoms in total. The highest BCUT2D eigenvalue weighted by molar-refractivity contribution is 5.31. The number of benzene rings is 1. The minimum absolute atomic E-state index is 0.150. The zero-order valence-electron chi connectivity index (χ0n) is 12.8. The molecule has 2 aromatic rings. The topological polar surface area (TPSA) is 25.2 Å². The highest BCUT2D eigenvalue weighted by atomic mass is 16.3. The van der Waals surface area contributed by atoms with E-state index in [9.17, 15) is 0 Å². The predicted molar refractivity (Wildman–Crippen MR) is 84.0 cm³/mol. The summed E-state index contributed by atoms with van der Waals surface area (Å²) in [5, 5.41) is 3.53. The van der Waals surface area contributed by atoms with Gasteiger partial charge in [-0.15, -0.1) is 0 Å². The van der Waals surface area contributed by atoms with Gasteiger partial charge in [0.25, 0.3) is 0 Å². The third kappa shape index (κ3) is 3.51. The molecule has 2 heteroatoms. The van der Waals surface area contributed by atoms with Crippen LogP contribution in [0.15, 0.2) is 40.8 Å². The summed E-state index contributed by atoms with van der Waals surface area (Å²) in [5.74, 6) is 2.06. The molecule has 1 N–H and O–H groups in total. The Hall–Kier alpha value is -1.54. The van der Waals surface area contributed by atoms with Crippen molar-refractivity contribution in [1.29, 1.82) is 0 Å². The van der Waals surface area contributed by atoms with Gasteiger partial charge in [0.2, 0.25) is 0 Å². The lowest BCUT2D eigenvalue weighted by Gasteiger charge is -2.17. The maximum absolute atomic E-state index is 5.94. The third-order valence-corrected chi connectivity index (χ3v) is 3.55. The molecular formula is C18H25NO. The quantitative estimate of drug-likeness (QED) is 0.802. The Kier molecular flexibility index (Phi) is 5.42. The minimum atomic E-state index is 0.150. The summed E-state index contributed by atoms with van der Waals surface area (Å²) in [6.07, 6.45) is 3.25. The van der Waals surface area contributed by atoms with Crippen LogP contribution < -0.4 is 5.32 Å². The molecule has 1 atom stereocenters. The van der Waals surface area contributed by atoms with Crippen molar-refractivity contribution < 1.29 is 4.42 Å². The fraction of sp³-hybridized carbons (Fsp3) is 0.444. The molecule has 1 heterocycles. The second-order valence-corrected chi connectivity index (χ2v) is 5.14. The average molecular weight is 271 g/mol. The van der Waals surface area contributed by atoms with E-state index in [-0.39, 0.29) is 6.04 Å². The van der Waals surface area contributed by atoms with Gasteiger partial charge in [-0.3, -0.25) is 0 Å². The highest BCUT2D eigenvalue weighted by Crippen LogP contribution is 2.25. The molecule has 0 radical (unpaired) electrons. The predicted octanol–water partition coefficient (Wildman–Crippen LogP) is 4.49. The molecule has 1 unspecified atom stereocenters. The van der Waals surface area contributed by atoms with E-state index in [0.29, 0.717) is 0 Å². The summed E-state index contributed by atoms with van der Waals surface area (Å²) in [7, 11) is 0. The second kappa shape index (κ2) is 7.30. The lowest BCUT2D eigenvalue weighted by Crippen LogP contribution is -2.21. The Morgan fingerprint density at radius 2 is 1.95 bits per heavy atom. The first kappa shape index (κ1) is 14.9.